The molecule has 31 heavy (non-hydrogen) atoms. The van der Waals surface area contributed by atoms with Crippen LogP contribution in [0, 0.1) is 12.8 Å². The van der Waals surface area contributed by atoms with Gasteiger partial charge in [0.2, 0.25) is 11.7 Å². The van der Waals surface area contributed by atoms with Gasteiger partial charge >= 0.3 is 0 Å². The number of hydrogen-bond donors (Lipinski definition) is 1. The number of aryl methyl sites for hydroxylation is 1. The first-order valence-electron chi connectivity index (χ1n) is 11.0. The second-order valence-electron chi connectivity index (χ2n) is 8.59. The molecule has 3 aromatic rings. The van der Waals surface area contributed by atoms with Crippen molar-refractivity contribution in [1.82, 2.24) is 30.4 Å². The number of benzene rings is 2. The summed E-state index contributed by atoms with van der Waals surface area (Å²) in [7, 11) is 0. The topological polar surface area (TPSA) is 75.9 Å². The lowest BCUT2D eigenvalue weighted by atomic mass is 9.99. The van der Waals surface area contributed by atoms with Crippen molar-refractivity contribution in [3.05, 3.63) is 65.2 Å². The van der Waals surface area contributed by atoms with Gasteiger partial charge in [0.1, 0.15) is 6.54 Å². The summed E-state index contributed by atoms with van der Waals surface area (Å²) in [5.74, 6) is 1.17. The first-order valence-corrected chi connectivity index (χ1v) is 11.0. The molecule has 1 aromatic heterocycles. The molecule has 0 bridgehead atoms. The monoisotopic (exact) mass is 418 g/mol. The van der Waals surface area contributed by atoms with Gasteiger partial charge in [0, 0.05) is 25.2 Å². The zero-order valence-electron chi connectivity index (χ0n) is 18.3. The van der Waals surface area contributed by atoms with Gasteiger partial charge in [-0.3, -0.25) is 9.69 Å². The van der Waals surface area contributed by atoms with E-state index in [-0.39, 0.29) is 12.5 Å². The van der Waals surface area contributed by atoms with Crippen LogP contribution >= 0.6 is 0 Å². The molecule has 7 nitrogen and oxygen atoms in total. The SMILES string of the molecule is Cc1ccc(CNC(=O)Cn2nnc(-c3ccc(CN4CCC[C@@H](C)C4)cc3)n2)cc1. The van der Waals surface area contributed by atoms with Crippen LogP contribution in [-0.4, -0.2) is 44.1 Å². The van der Waals surface area contributed by atoms with Crippen molar-refractivity contribution < 1.29 is 4.79 Å². The number of tetrazole rings is 1. The van der Waals surface area contributed by atoms with E-state index in [9.17, 15) is 4.79 Å². The van der Waals surface area contributed by atoms with Crippen LogP contribution in [-0.2, 0) is 24.4 Å². The fourth-order valence-corrected chi connectivity index (χ4v) is 3.96. The minimum Gasteiger partial charge on any atom is -0.350 e. The first-order chi connectivity index (χ1) is 15.0. The summed E-state index contributed by atoms with van der Waals surface area (Å²) in [6.45, 7) is 8.22. The molecule has 2 heterocycles. The average molecular weight is 419 g/mol. The minimum absolute atomic E-state index is 0.0457. The standard InChI is InChI=1S/C24H30N6O/c1-18-5-7-20(8-6-18)14-25-23(31)17-30-27-24(26-28-30)22-11-9-21(10-12-22)16-29-13-3-4-19(2)15-29/h5-12,19H,3-4,13-17H2,1-2H3,(H,25,31)/t19-/m1/s1. The zero-order valence-corrected chi connectivity index (χ0v) is 18.3. The summed E-state index contributed by atoms with van der Waals surface area (Å²) < 4.78 is 0. The van der Waals surface area contributed by atoms with E-state index in [4.69, 9.17) is 0 Å². The van der Waals surface area contributed by atoms with Crippen molar-refractivity contribution in [3.8, 4) is 11.4 Å². The maximum absolute atomic E-state index is 12.2. The quantitative estimate of drug-likeness (QED) is 0.638. The summed E-state index contributed by atoms with van der Waals surface area (Å²) in [5.41, 5.74) is 4.46. The van der Waals surface area contributed by atoms with Gasteiger partial charge in [0.05, 0.1) is 0 Å². The van der Waals surface area contributed by atoms with Gasteiger partial charge in [-0.05, 0) is 48.6 Å². The van der Waals surface area contributed by atoms with Gasteiger partial charge < -0.3 is 5.32 Å². The van der Waals surface area contributed by atoms with Crippen molar-refractivity contribution in [1.29, 1.82) is 0 Å². The molecule has 0 radical (unpaired) electrons. The van der Waals surface area contributed by atoms with E-state index in [1.165, 1.54) is 41.9 Å². The number of carbonyl (C=O) groups excluding carboxylic acids is 1. The molecular formula is C24H30N6O. The van der Waals surface area contributed by atoms with Crippen LogP contribution in [0.5, 0.6) is 0 Å². The number of likely N-dealkylation sites (tertiary alicyclic amines) is 1. The third-order valence-corrected chi connectivity index (χ3v) is 5.71. The van der Waals surface area contributed by atoms with Gasteiger partial charge in [0.15, 0.2) is 0 Å². The molecule has 1 saturated heterocycles. The Morgan fingerprint density at radius 2 is 1.84 bits per heavy atom. The van der Waals surface area contributed by atoms with Crippen molar-refractivity contribution in [2.75, 3.05) is 13.1 Å². The van der Waals surface area contributed by atoms with E-state index in [2.05, 4.69) is 44.7 Å². The highest BCUT2D eigenvalue weighted by molar-refractivity contribution is 5.75. The highest BCUT2D eigenvalue weighted by Crippen LogP contribution is 2.20. The summed E-state index contributed by atoms with van der Waals surface area (Å²) in [4.78, 5) is 16.1. The van der Waals surface area contributed by atoms with Crippen LogP contribution < -0.4 is 5.32 Å². The van der Waals surface area contributed by atoms with Crippen LogP contribution in [0.25, 0.3) is 11.4 Å². The van der Waals surface area contributed by atoms with E-state index in [1.807, 2.05) is 43.3 Å². The molecule has 0 spiro atoms. The number of carbonyl (C=O) groups is 1. The fourth-order valence-electron chi connectivity index (χ4n) is 3.96. The third-order valence-electron chi connectivity index (χ3n) is 5.71. The maximum atomic E-state index is 12.2. The number of nitrogens with one attached hydrogen (secondary N) is 1. The molecule has 1 aliphatic heterocycles. The number of hydrogen-bond acceptors (Lipinski definition) is 5. The molecule has 2 aromatic carbocycles. The minimum atomic E-state index is -0.143. The Balaban J connectivity index is 1.29. The molecule has 1 fully saturated rings. The van der Waals surface area contributed by atoms with E-state index < -0.39 is 0 Å². The molecule has 0 unspecified atom stereocenters. The second kappa shape index (κ2) is 9.83. The Morgan fingerprint density at radius 1 is 1.10 bits per heavy atom. The molecule has 0 saturated carbocycles. The van der Waals surface area contributed by atoms with Crippen LogP contribution in [0.3, 0.4) is 0 Å². The van der Waals surface area contributed by atoms with Crippen molar-refractivity contribution in [2.24, 2.45) is 5.92 Å². The van der Waals surface area contributed by atoms with E-state index in [0.717, 1.165) is 23.6 Å². The number of piperidine rings is 1. The van der Waals surface area contributed by atoms with Crippen LogP contribution in [0.4, 0.5) is 0 Å². The van der Waals surface area contributed by atoms with E-state index in [0.29, 0.717) is 12.4 Å². The third kappa shape index (κ3) is 5.98. The molecule has 7 heteroatoms. The summed E-state index contributed by atoms with van der Waals surface area (Å²) in [6.07, 6.45) is 2.62. The van der Waals surface area contributed by atoms with Gasteiger partial charge in [0.25, 0.3) is 0 Å². The number of amides is 1. The van der Waals surface area contributed by atoms with Crippen molar-refractivity contribution in [3.63, 3.8) is 0 Å². The van der Waals surface area contributed by atoms with Gasteiger partial charge in [-0.15, -0.1) is 10.2 Å². The molecule has 1 amide bonds. The fraction of sp³-hybridized carbons (Fsp3) is 0.417. The smallest absolute Gasteiger partial charge is 0.243 e. The molecule has 4 rings (SSSR count). The predicted octanol–water partition coefficient (Wildman–Crippen LogP) is 3.20. The zero-order chi connectivity index (χ0) is 21.6. The second-order valence-corrected chi connectivity index (χ2v) is 8.59. The molecule has 1 N–H and O–H groups in total. The number of rotatable bonds is 7. The van der Waals surface area contributed by atoms with Crippen LogP contribution in [0.2, 0.25) is 0 Å². The van der Waals surface area contributed by atoms with Crippen molar-refractivity contribution in [2.45, 2.75) is 46.3 Å². The van der Waals surface area contributed by atoms with Gasteiger partial charge in [-0.25, -0.2) is 0 Å². The Bertz CT molecular complexity index is 996. The highest BCUT2D eigenvalue weighted by atomic mass is 16.2. The first kappa shape index (κ1) is 21.2. The van der Waals surface area contributed by atoms with E-state index in [1.54, 1.807) is 0 Å². The van der Waals surface area contributed by atoms with Gasteiger partial charge in [-0.2, -0.15) is 4.80 Å². The lowest BCUT2D eigenvalue weighted by Gasteiger charge is -2.30. The molecule has 0 aliphatic carbocycles. The van der Waals surface area contributed by atoms with Crippen LogP contribution in [0.1, 0.15) is 36.5 Å². The Morgan fingerprint density at radius 3 is 2.58 bits per heavy atom. The van der Waals surface area contributed by atoms with Crippen LogP contribution in [0.15, 0.2) is 48.5 Å². The summed E-state index contributed by atoms with van der Waals surface area (Å²) in [6, 6.07) is 16.4. The van der Waals surface area contributed by atoms with Crippen molar-refractivity contribution >= 4 is 5.91 Å². The largest absolute Gasteiger partial charge is 0.350 e. The summed E-state index contributed by atoms with van der Waals surface area (Å²) in [5, 5.41) is 15.4. The molecule has 1 atom stereocenters. The lowest BCUT2D eigenvalue weighted by Crippen LogP contribution is -2.33. The molecular weight excluding hydrogens is 388 g/mol. The Labute approximate surface area is 183 Å². The number of aromatic nitrogens is 4. The highest BCUT2D eigenvalue weighted by Gasteiger charge is 2.16. The normalized spacial score (nSPS) is 16.9. The predicted molar refractivity (Wildman–Crippen MR) is 120 cm³/mol. The van der Waals surface area contributed by atoms with E-state index >= 15 is 0 Å². The lowest BCUT2D eigenvalue weighted by molar-refractivity contribution is -0.122. The van der Waals surface area contributed by atoms with Gasteiger partial charge in [-0.1, -0.05) is 61.0 Å². The Hall–Kier alpha value is -3.06. The Kier molecular flexibility index (Phi) is 6.72. The average Bonchev–Trinajstić information content (AvgIpc) is 3.22. The maximum Gasteiger partial charge on any atom is 0.243 e. The summed E-state index contributed by atoms with van der Waals surface area (Å²) >= 11 is 0. The number of nitrogens with zero attached hydrogens (tertiary/aromatic N) is 5. The molecule has 1 aliphatic rings. The molecule has 162 valence electrons.